The number of hydrogen-bond donors (Lipinski definition) is 2. The predicted octanol–water partition coefficient (Wildman–Crippen LogP) is -0.782. The molecule has 5 heteroatoms. The first-order valence-electron chi connectivity index (χ1n) is 4.30. The van der Waals surface area contributed by atoms with Gasteiger partial charge in [0.1, 0.15) is 12.2 Å². The fraction of sp³-hybridized carbons (Fsp3) is 1.00. The molecule has 0 spiro atoms. The molecule has 3 atom stereocenters. The Kier molecular flexibility index (Phi) is 1.91. The molecule has 0 aromatic heterocycles. The van der Waals surface area contributed by atoms with E-state index in [1.165, 1.54) is 0 Å². The van der Waals surface area contributed by atoms with E-state index in [1.54, 1.807) is 13.8 Å². The Morgan fingerprint density at radius 1 is 1.38 bits per heavy atom. The van der Waals surface area contributed by atoms with Crippen LogP contribution in [0.25, 0.3) is 0 Å². The summed E-state index contributed by atoms with van der Waals surface area (Å²) in [6.07, 6.45) is -0.875. The second kappa shape index (κ2) is 2.65. The van der Waals surface area contributed by atoms with E-state index in [2.05, 4.69) is 0 Å². The van der Waals surface area contributed by atoms with Gasteiger partial charge in [-0.3, -0.25) is 0 Å². The smallest absolute Gasteiger partial charge is 0.219 e. The molecule has 0 saturated carbocycles. The molecule has 2 aliphatic heterocycles. The van der Waals surface area contributed by atoms with Crippen molar-refractivity contribution in [3.05, 3.63) is 0 Å². The van der Waals surface area contributed by atoms with E-state index < -0.39 is 24.3 Å². The average molecular weight is 190 g/mol. The van der Waals surface area contributed by atoms with Crippen LogP contribution in [0.1, 0.15) is 13.8 Å². The molecule has 2 N–H and O–H groups in total. The van der Waals surface area contributed by atoms with Crippen molar-refractivity contribution in [1.82, 2.24) is 0 Å². The van der Waals surface area contributed by atoms with E-state index in [0.717, 1.165) is 0 Å². The lowest BCUT2D eigenvalue weighted by atomic mass is 10.1. The van der Waals surface area contributed by atoms with Crippen molar-refractivity contribution in [2.75, 3.05) is 13.2 Å². The molecule has 0 aliphatic carbocycles. The van der Waals surface area contributed by atoms with Gasteiger partial charge < -0.3 is 24.4 Å². The first kappa shape index (κ1) is 9.36. The Morgan fingerprint density at radius 2 is 2.08 bits per heavy atom. The van der Waals surface area contributed by atoms with Gasteiger partial charge in [0.05, 0.1) is 13.2 Å². The molecule has 0 aromatic carbocycles. The topological polar surface area (TPSA) is 68.2 Å². The monoisotopic (exact) mass is 190 g/mol. The third-order valence-electron chi connectivity index (χ3n) is 2.35. The summed E-state index contributed by atoms with van der Waals surface area (Å²) >= 11 is 0. The normalized spacial score (nSPS) is 48.0. The SMILES string of the molecule is CC1(C)OC2COC(O)(CO)C2O1. The quantitative estimate of drug-likeness (QED) is 0.567. The fourth-order valence-electron chi connectivity index (χ4n) is 1.78. The zero-order valence-corrected chi connectivity index (χ0v) is 7.69. The molecule has 0 bridgehead atoms. The molecule has 0 aromatic rings. The van der Waals surface area contributed by atoms with Crippen LogP contribution in [0.15, 0.2) is 0 Å². The molecule has 2 heterocycles. The summed E-state index contributed by atoms with van der Waals surface area (Å²) in [5, 5.41) is 18.7. The Morgan fingerprint density at radius 3 is 2.69 bits per heavy atom. The predicted molar refractivity (Wildman–Crippen MR) is 41.8 cm³/mol. The van der Waals surface area contributed by atoms with Crippen LogP contribution in [0, 0.1) is 0 Å². The molecule has 0 radical (unpaired) electrons. The largest absolute Gasteiger partial charge is 0.391 e. The summed E-state index contributed by atoms with van der Waals surface area (Å²) in [5.74, 6) is -2.30. The second-order valence-corrected chi connectivity index (χ2v) is 3.91. The van der Waals surface area contributed by atoms with Gasteiger partial charge in [-0.25, -0.2) is 0 Å². The minimum atomic E-state index is -1.60. The standard InChI is InChI=1S/C8H14O5/c1-7(2)12-5-3-11-8(10,4-9)6(5)13-7/h5-6,9-10H,3-4H2,1-2H3. The molecule has 2 rings (SSSR count). The van der Waals surface area contributed by atoms with Crippen molar-refractivity contribution >= 4 is 0 Å². The number of fused-ring (bicyclic) bond motifs is 1. The van der Waals surface area contributed by atoms with Crippen LogP contribution in [0.5, 0.6) is 0 Å². The van der Waals surface area contributed by atoms with Crippen LogP contribution < -0.4 is 0 Å². The highest BCUT2D eigenvalue weighted by Crippen LogP contribution is 2.39. The number of ether oxygens (including phenoxy) is 3. The zero-order chi connectivity index (χ0) is 9.69. The molecule has 2 aliphatic rings. The van der Waals surface area contributed by atoms with E-state index >= 15 is 0 Å². The van der Waals surface area contributed by atoms with Gasteiger partial charge in [0, 0.05) is 0 Å². The Labute approximate surface area is 76.2 Å². The maximum Gasteiger partial charge on any atom is 0.219 e. The van der Waals surface area contributed by atoms with Crippen LogP contribution in [-0.4, -0.2) is 47.2 Å². The molecular weight excluding hydrogens is 176 g/mol. The summed E-state index contributed by atoms with van der Waals surface area (Å²) in [6, 6.07) is 0. The number of aliphatic hydroxyl groups is 2. The van der Waals surface area contributed by atoms with E-state index in [-0.39, 0.29) is 12.7 Å². The summed E-state index contributed by atoms with van der Waals surface area (Å²) in [4.78, 5) is 0. The number of rotatable bonds is 1. The van der Waals surface area contributed by atoms with Crippen LogP contribution in [0.4, 0.5) is 0 Å². The van der Waals surface area contributed by atoms with Gasteiger partial charge in [-0.05, 0) is 13.8 Å². The lowest BCUT2D eigenvalue weighted by Crippen LogP contribution is -2.46. The van der Waals surface area contributed by atoms with Crippen LogP contribution in [-0.2, 0) is 14.2 Å². The minimum Gasteiger partial charge on any atom is -0.391 e. The number of aliphatic hydroxyl groups excluding tert-OH is 1. The summed E-state index contributed by atoms with van der Waals surface area (Å²) in [5.41, 5.74) is 0. The van der Waals surface area contributed by atoms with Crippen LogP contribution in [0.2, 0.25) is 0 Å². The Bertz CT molecular complexity index is 217. The van der Waals surface area contributed by atoms with Crippen LogP contribution in [0.3, 0.4) is 0 Å². The molecule has 3 unspecified atom stereocenters. The summed E-state index contributed by atoms with van der Waals surface area (Å²) < 4.78 is 15.9. The van der Waals surface area contributed by atoms with Crippen molar-refractivity contribution < 1.29 is 24.4 Å². The van der Waals surface area contributed by atoms with Gasteiger partial charge in [0.25, 0.3) is 0 Å². The van der Waals surface area contributed by atoms with Gasteiger partial charge in [0.15, 0.2) is 5.79 Å². The molecule has 13 heavy (non-hydrogen) atoms. The van der Waals surface area contributed by atoms with Crippen molar-refractivity contribution in [2.24, 2.45) is 0 Å². The third-order valence-corrected chi connectivity index (χ3v) is 2.35. The highest BCUT2D eigenvalue weighted by atomic mass is 16.8. The maximum absolute atomic E-state index is 9.73. The molecule has 0 amide bonds. The lowest BCUT2D eigenvalue weighted by molar-refractivity contribution is -0.270. The molecular formula is C8H14O5. The van der Waals surface area contributed by atoms with Gasteiger partial charge in [-0.15, -0.1) is 0 Å². The molecule has 2 fully saturated rings. The van der Waals surface area contributed by atoms with E-state index in [9.17, 15) is 5.11 Å². The van der Waals surface area contributed by atoms with Gasteiger partial charge in [0.2, 0.25) is 5.79 Å². The van der Waals surface area contributed by atoms with Crippen molar-refractivity contribution in [3.8, 4) is 0 Å². The average Bonchev–Trinajstić information content (AvgIpc) is 2.49. The second-order valence-electron chi connectivity index (χ2n) is 3.91. The first-order valence-corrected chi connectivity index (χ1v) is 4.30. The van der Waals surface area contributed by atoms with Gasteiger partial charge in [-0.2, -0.15) is 0 Å². The van der Waals surface area contributed by atoms with E-state index in [1.807, 2.05) is 0 Å². The minimum absolute atomic E-state index is 0.255. The van der Waals surface area contributed by atoms with Crippen molar-refractivity contribution in [3.63, 3.8) is 0 Å². The van der Waals surface area contributed by atoms with Crippen LogP contribution >= 0.6 is 0 Å². The fourth-order valence-corrected chi connectivity index (χ4v) is 1.78. The van der Waals surface area contributed by atoms with E-state index in [4.69, 9.17) is 19.3 Å². The van der Waals surface area contributed by atoms with E-state index in [0.29, 0.717) is 0 Å². The summed E-state index contributed by atoms with van der Waals surface area (Å²) in [6.45, 7) is 3.31. The Balaban J connectivity index is 2.16. The van der Waals surface area contributed by atoms with Gasteiger partial charge in [-0.1, -0.05) is 0 Å². The third kappa shape index (κ3) is 1.37. The molecule has 2 saturated heterocycles. The van der Waals surface area contributed by atoms with Crippen molar-refractivity contribution in [1.29, 1.82) is 0 Å². The Hall–Kier alpha value is -0.200. The lowest BCUT2D eigenvalue weighted by Gasteiger charge is -2.26. The highest BCUT2D eigenvalue weighted by Gasteiger charge is 2.57. The number of hydrogen-bond acceptors (Lipinski definition) is 5. The van der Waals surface area contributed by atoms with Gasteiger partial charge >= 0.3 is 0 Å². The molecule has 76 valence electrons. The summed E-state index contributed by atoms with van der Waals surface area (Å²) in [7, 11) is 0. The molecule has 5 nitrogen and oxygen atoms in total. The first-order chi connectivity index (χ1) is 5.97. The zero-order valence-electron chi connectivity index (χ0n) is 7.69. The maximum atomic E-state index is 9.73. The van der Waals surface area contributed by atoms with Crippen molar-refractivity contribution in [2.45, 2.75) is 37.6 Å². The highest BCUT2D eigenvalue weighted by molar-refractivity contribution is 4.96.